The Morgan fingerprint density at radius 2 is 2.12 bits per heavy atom. The van der Waals surface area contributed by atoms with E-state index in [4.69, 9.17) is 5.73 Å². The van der Waals surface area contributed by atoms with Gasteiger partial charge in [0.2, 0.25) is 0 Å². The molecule has 1 aromatic rings. The number of carbonyl (C=O) groups is 1. The summed E-state index contributed by atoms with van der Waals surface area (Å²) in [5.74, 6) is 0.539. The molecule has 4 heteroatoms. The van der Waals surface area contributed by atoms with Gasteiger partial charge < -0.3 is 11.1 Å². The zero-order chi connectivity index (χ0) is 12.1. The predicted octanol–water partition coefficient (Wildman–Crippen LogP) is 1.97. The second kappa shape index (κ2) is 5.66. The third-order valence-corrected chi connectivity index (χ3v) is 3.30. The van der Waals surface area contributed by atoms with Crippen molar-refractivity contribution >= 4 is 11.6 Å². The van der Waals surface area contributed by atoms with E-state index in [0.717, 1.165) is 6.54 Å². The Hall–Kier alpha value is -1.58. The molecule has 1 aliphatic carbocycles. The largest absolute Gasteiger partial charge is 0.397 e. The van der Waals surface area contributed by atoms with Crippen molar-refractivity contribution < 1.29 is 4.79 Å². The summed E-state index contributed by atoms with van der Waals surface area (Å²) in [6, 6.07) is 3.36. The lowest BCUT2D eigenvalue weighted by molar-refractivity contribution is 0.0938. The number of rotatable bonds is 3. The van der Waals surface area contributed by atoms with E-state index in [1.165, 1.54) is 38.3 Å². The van der Waals surface area contributed by atoms with Gasteiger partial charge in [0, 0.05) is 6.54 Å². The predicted molar refractivity (Wildman–Crippen MR) is 67.6 cm³/mol. The fourth-order valence-electron chi connectivity index (χ4n) is 2.26. The molecule has 2 rings (SSSR count). The normalized spacial score (nSPS) is 16.7. The van der Waals surface area contributed by atoms with Crippen molar-refractivity contribution in [1.29, 1.82) is 0 Å². The summed E-state index contributed by atoms with van der Waals surface area (Å²) in [6.07, 6.45) is 7.89. The van der Waals surface area contributed by atoms with Crippen molar-refractivity contribution in [1.82, 2.24) is 10.3 Å². The minimum absolute atomic E-state index is 0.101. The molecule has 17 heavy (non-hydrogen) atoms. The second-order valence-electron chi connectivity index (χ2n) is 4.69. The quantitative estimate of drug-likeness (QED) is 0.838. The first-order chi connectivity index (χ1) is 8.25. The van der Waals surface area contributed by atoms with E-state index in [2.05, 4.69) is 10.3 Å². The molecule has 0 aliphatic heterocycles. The lowest BCUT2D eigenvalue weighted by Gasteiger charge is -2.21. The Labute approximate surface area is 102 Å². The van der Waals surface area contributed by atoms with Gasteiger partial charge in [-0.25, -0.2) is 4.98 Å². The topological polar surface area (TPSA) is 68.0 Å². The van der Waals surface area contributed by atoms with Gasteiger partial charge >= 0.3 is 0 Å². The Bertz CT molecular complexity index is 369. The number of nitrogens with one attached hydrogen (secondary N) is 1. The molecule has 3 N–H and O–H groups in total. The van der Waals surface area contributed by atoms with Gasteiger partial charge in [0.05, 0.1) is 11.9 Å². The summed E-state index contributed by atoms with van der Waals surface area (Å²) in [6.45, 7) is 0.769. The molecule has 92 valence electrons. The minimum atomic E-state index is -0.101. The van der Waals surface area contributed by atoms with Gasteiger partial charge in [0.25, 0.3) is 5.91 Å². The van der Waals surface area contributed by atoms with Crippen molar-refractivity contribution in [3.8, 4) is 0 Å². The summed E-state index contributed by atoms with van der Waals surface area (Å²) in [4.78, 5) is 15.8. The highest BCUT2D eigenvalue weighted by Gasteiger charge is 2.15. The van der Waals surface area contributed by atoms with Crippen LogP contribution in [-0.4, -0.2) is 17.4 Å². The maximum atomic E-state index is 11.8. The van der Waals surface area contributed by atoms with Crippen LogP contribution in [0.2, 0.25) is 0 Å². The highest BCUT2D eigenvalue weighted by Crippen LogP contribution is 2.22. The minimum Gasteiger partial charge on any atom is -0.397 e. The van der Waals surface area contributed by atoms with Crippen LogP contribution >= 0.6 is 0 Å². The molecule has 0 saturated heterocycles. The first kappa shape index (κ1) is 11.9. The average molecular weight is 233 g/mol. The molecule has 1 fully saturated rings. The lowest BCUT2D eigenvalue weighted by Crippen LogP contribution is -2.30. The zero-order valence-corrected chi connectivity index (χ0v) is 9.98. The molecule has 1 saturated carbocycles. The number of amides is 1. The average Bonchev–Trinajstić information content (AvgIpc) is 2.38. The van der Waals surface area contributed by atoms with E-state index in [9.17, 15) is 4.79 Å². The van der Waals surface area contributed by atoms with Gasteiger partial charge in [-0.1, -0.05) is 19.3 Å². The monoisotopic (exact) mass is 233 g/mol. The van der Waals surface area contributed by atoms with Crippen LogP contribution in [0.15, 0.2) is 18.3 Å². The molecule has 0 unspecified atom stereocenters. The number of anilines is 1. The van der Waals surface area contributed by atoms with E-state index in [-0.39, 0.29) is 5.91 Å². The lowest BCUT2D eigenvalue weighted by atomic mass is 9.89. The number of nitrogen functional groups attached to an aromatic ring is 1. The summed E-state index contributed by atoms with van der Waals surface area (Å²) in [5, 5.41) is 2.95. The third kappa shape index (κ3) is 3.44. The maximum Gasteiger partial charge on any atom is 0.269 e. The zero-order valence-electron chi connectivity index (χ0n) is 9.98. The van der Waals surface area contributed by atoms with Crippen LogP contribution in [0.4, 0.5) is 5.69 Å². The summed E-state index contributed by atoms with van der Waals surface area (Å²) < 4.78 is 0. The van der Waals surface area contributed by atoms with Gasteiger partial charge in [-0.2, -0.15) is 0 Å². The molecule has 0 bridgehead atoms. The number of nitrogens with zero attached hydrogens (tertiary/aromatic N) is 1. The van der Waals surface area contributed by atoms with E-state index in [1.54, 1.807) is 12.1 Å². The molecule has 1 aliphatic rings. The Morgan fingerprint density at radius 3 is 2.76 bits per heavy atom. The fraction of sp³-hybridized carbons (Fsp3) is 0.538. The van der Waals surface area contributed by atoms with Crippen molar-refractivity contribution in [3.05, 3.63) is 24.0 Å². The van der Waals surface area contributed by atoms with Gasteiger partial charge in [-0.3, -0.25) is 4.79 Å². The molecular formula is C13H19N3O. The van der Waals surface area contributed by atoms with Gasteiger partial charge in [-0.05, 0) is 30.9 Å². The number of carbonyl (C=O) groups excluding carboxylic acids is 1. The van der Waals surface area contributed by atoms with Crippen molar-refractivity contribution in [3.63, 3.8) is 0 Å². The van der Waals surface area contributed by atoms with E-state index in [0.29, 0.717) is 17.3 Å². The first-order valence-corrected chi connectivity index (χ1v) is 6.25. The highest BCUT2D eigenvalue weighted by molar-refractivity contribution is 5.92. The molecule has 0 radical (unpaired) electrons. The molecule has 1 aromatic heterocycles. The standard InChI is InChI=1S/C13H19N3O/c14-11-6-7-12(15-9-11)13(17)16-8-10-4-2-1-3-5-10/h6-7,9-10H,1-5,8,14H2,(H,16,17). The summed E-state index contributed by atoms with van der Waals surface area (Å²) in [5.41, 5.74) is 6.54. The van der Waals surface area contributed by atoms with Crippen LogP contribution in [0.1, 0.15) is 42.6 Å². The van der Waals surface area contributed by atoms with Crippen LogP contribution in [-0.2, 0) is 0 Å². The highest BCUT2D eigenvalue weighted by atomic mass is 16.1. The van der Waals surface area contributed by atoms with Crippen LogP contribution < -0.4 is 11.1 Å². The molecule has 0 spiro atoms. The number of pyridine rings is 1. The number of hydrogen-bond acceptors (Lipinski definition) is 3. The maximum absolute atomic E-state index is 11.8. The van der Waals surface area contributed by atoms with Gasteiger partial charge in [-0.15, -0.1) is 0 Å². The fourth-order valence-corrected chi connectivity index (χ4v) is 2.26. The van der Waals surface area contributed by atoms with Crippen molar-refractivity contribution in [2.45, 2.75) is 32.1 Å². The number of aromatic nitrogens is 1. The molecule has 4 nitrogen and oxygen atoms in total. The van der Waals surface area contributed by atoms with Crippen LogP contribution in [0.25, 0.3) is 0 Å². The molecular weight excluding hydrogens is 214 g/mol. The van der Waals surface area contributed by atoms with Gasteiger partial charge in [0.1, 0.15) is 5.69 Å². The van der Waals surface area contributed by atoms with Gasteiger partial charge in [0.15, 0.2) is 0 Å². The third-order valence-electron chi connectivity index (χ3n) is 3.30. The summed E-state index contributed by atoms with van der Waals surface area (Å²) in [7, 11) is 0. The Kier molecular flexibility index (Phi) is 3.96. The number of nitrogens with two attached hydrogens (primary N) is 1. The molecule has 0 aromatic carbocycles. The Balaban J connectivity index is 1.82. The van der Waals surface area contributed by atoms with Crippen molar-refractivity contribution in [2.75, 3.05) is 12.3 Å². The first-order valence-electron chi connectivity index (χ1n) is 6.25. The van der Waals surface area contributed by atoms with E-state index < -0.39 is 0 Å². The Morgan fingerprint density at radius 1 is 1.35 bits per heavy atom. The summed E-state index contributed by atoms with van der Waals surface area (Å²) >= 11 is 0. The van der Waals surface area contributed by atoms with Crippen LogP contribution in [0, 0.1) is 5.92 Å². The second-order valence-corrected chi connectivity index (χ2v) is 4.69. The molecule has 1 amide bonds. The SMILES string of the molecule is Nc1ccc(C(=O)NCC2CCCCC2)nc1. The molecule has 1 heterocycles. The van der Waals surface area contributed by atoms with E-state index in [1.807, 2.05) is 0 Å². The van der Waals surface area contributed by atoms with E-state index >= 15 is 0 Å². The smallest absolute Gasteiger partial charge is 0.269 e. The van der Waals surface area contributed by atoms with Crippen molar-refractivity contribution in [2.24, 2.45) is 5.92 Å². The number of hydrogen-bond donors (Lipinski definition) is 2. The van der Waals surface area contributed by atoms with Crippen LogP contribution in [0.3, 0.4) is 0 Å². The van der Waals surface area contributed by atoms with Crippen LogP contribution in [0.5, 0.6) is 0 Å². The molecule has 0 atom stereocenters.